The predicted molar refractivity (Wildman–Crippen MR) is 140 cm³/mol. The molecule has 0 unspecified atom stereocenters. The smallest absolute Gasteiger partial charge is 0.264 e. The second kappa shape index (κ2) is 10.8. The average Bonchev–Trinajstić information content (AvgIpc) is 2.87. The number of carbonyl (C=O) groups is 1. The van der Waals surface area contributed by atoms with Crippen LogP contribution in [0, 0.1) is 6.92 Å². The maximum Gasteiger partial charge on any atom is 0.264 e. The largest absolute Gasteiger partial charge is 0.496 e. The van der Waals surface area contributed by atoms with Crippen molar-refractivity contribution in [2.75, 3.05) is 31.2 Å². The van der Waals surface area contributed by atoms with E-state index >= 15 is 0 Å². The third-order valence-electron chi connectivity index (χ3n) is 5.76. The molecule has 3 aromatic rings. The lowest BCUT2D eigenvalue weighted by Gasteiger charge is -2.26. The molecule has 10 heteroatoms. The van der Waals surface area contributed by atoms with Gasteiger partial charge in [-0.05, 0) is 77.8 Å². The Hall–Kier alpha value is -3.24. The molecule has 36 heavy (non-hydrogen) atoms. The van der Waals surface area contributed by atoms with Crippen LogP contribution in [0.25, 0.3) is 0 Å². The van der Waals surface area contributed by atoms with Gasteiger partial charge in [-0.1, -0.05) is 23.8 Å². The molecule has 0 aromatic heterocycles. The first-order valence-electron chi connectivity index (χ1n) is 11.3. The number of hydrogen-bond donors (Lipinski definition) is 1. The van der Waals surface area contributed by atoms with Crippen LogP contribution in [0.3, 0.4) is 0 Å². The van der Waals surface area contributed by atoms with Gasteiger partial charge in [-0.2, -0.15) is 0 Å². The van der Waals surface area contributed by atoms with Crippen LogP contribution in [0.4, 0.5) is 5.69 Å². The minimum atomic E-state index is -4.07. The lowest BCUT2D eigenvalue weighted by Crippen LogP contribution is -2.41. The summed E-state index contributed by atoms with van der Waals surface area (Å²) in [5, 5.41) is 2.90. The molecule has 1 atom stereocenters. The summed E-state index contributed by atoms with van der Waals surface area (Å²) in [6.07, 6.45) is 0. The topological polar surface area (TPSA) is 94.2 Å². The molecule has 0 saturated carbocycles. The van der Waals surface area contributed by atoms with Gasteiger partial charge in [0.2, 0.25) is 5.91 Å². The van der Waals surface area contributed by atoms with Crippen LogP contribution in [-0.4, -0.2) is 41.2 Å². The highest BCUT2D eigenvalue weighted by Crippen LogP contribution is 2.33. The molecule has 3 aromatic carbocycles. The van der Waals surface area contributed by atoms with E-state index in [1.165, 1.54) is 19.2 Å². The Balaban J connectivity index is 1.59. The molecule has 8 nitrogen and oxygen atoms in total. The van der Waals surface area contributed by atoms with Crippen molar-refractivity contribution in [2.24, 2.45) is 0 Å². The summed E-state index contributed by atoms with van der Waals surface area (Å²) in [5.41, 5.74) is 2.17. The summed E-state index contributed by atoms with van der Waals surface area (Å²) < 4.78 is 45.4. The maximum atomic E-state index is 13.7. The van der Waals surface area contributed by atoms with E-state index in [-0.39, 0.29) is 10.9 Å². The number of fused-ring (bicyclic) bond motifs is 1. The van der Waals surface area contributed by atoms with Crippen molar-refractivity contribution in [1.82, 2.24) is 5.32 Å². The minimum Gasteiger partial charge on any atom is -0.496 e. The van der Waals surface area contributed by atoms with Crippen LogP contribution < -0.4 is 23.8 Å². The Morgan fingerprint density at radius 3 is 2.42 bits per heavy atom. The Bertz CT molecular complexity index is 1360. The molecule has 1 N–H and O–H groups in total. The van der Waals surface area contributed by atoms with Gasteiger partial charge in [0.15, 0.2) is 11.5 Å². The number of hydrogen-bond acceptors (Lipinski definition) is 6. The first-order chi connectivity index (χ1) is 17.2. The van der Waals surface area contributed by atoms with Crippen molar-refractivity contribution in [3.63, 3.8) is 0 Å². The van der Waals surface area contributed by atoms with Gasteiger partial charge in [0.05, 0.1) is 28.2 Å². The zero-order chi connectivity index (χ0) is 25.9. The number of rotatable bonds is 8. The highest BCUT2D eigenvalue weighted by molar-refractivity contribution is 9.10. The van der Waals surface area contributed by atoms with Crippen molar-refractivity contribution >= 4 is 37.5 Å². The Kier molecular flexibility index (Phi) is 7.75. The summed E-state index contributed by atoms with van der Waals surface area (Å²) in [5.74, 6) is 1.33. The third kappa shape index (κ3) is 5.60. The number of ether oxygens (including phenoxy) is 3. The molecule has 1 heterocycles. The number of nitrogens with one attached hydrogen (secondary N) is 1. The van der Waals surface area contributed by atoms with Gasteiger partial charge < -0.3 is 19.5 Å². The second-order valence-electron chi connectivity index (χ2n) is 8.34. The minimum absolute atomic E-state index is 0.0310. The van der Waals surface area contributed by atoms with Crippen LogP contribution in [0.2, 0.25) is 0 Å². The van der Waals surface area contributed by atoms with Crippen LogP contribution in [0.15, 0.2) is 70.0 Å². The molecule has 0 bridgehead atoms. The summed E-state index contributed by atoms with van der Waals surface area (Å²) >= 11 is 3.34. The zero-order valence-electron chi connectivity index (χ0n) is 20.2. The third-order valence-corrected chi connectivity index (χ3v) is 8.15. The van der Waals surface area contributed by atoms with E-state index in [9.17, 15) is 13.2 Å². The van der Waals surface area contributed by atoms with Crippen molar-refractivity contribution in [1.29, 1.82) is 0 Å². The molecule has 190 valence electrons. The van der Waals surface area contributed by atoms with Gasteiger partial charge in [-0.15, -0.1) is 0 Å². The average molecular weight is 575 g/mol. The number of sulfonamides is 1. The molecule has 1 amide bonds. The van der Waals surface area contributed by atoms with E-state index in [1.807, 2.05) is 26.0 Å². The van der Waals surface area contributed by atoms with Crippen molar-refractivity contribution in [3.8, 4) is 17.2 Å². The number of amides is 1. The lowest BCUT2D eigenvalue weighted by atomic mass is 10.1. The molecular weight excluding hydrogens is 548 g/mol. The van der Waals surface area contributed by atoms with Crippen molar-refractivity contribution in [2.45, 2.75) is 24.8 Å². The zero-order valence-corrected chi connectivity index (χ0v) is 22.6. The van der Waals surface area contributed by atoms with Gasteiger partial charge in [-0.25, -0.2) is 8.42 Å². The maximum absolute atomic E-state index is 13.7. The quantitative estimate of drug-likeness (QED) is 0.422. The fraction of sp³-hybridized carbons (Fsp3) is 0.269. The van der Waals surface area contributed by atoms with E-state index in [0.717, 1.165) is 15.4 Å². The highest BCUT2D eigenvalue weighted by Gasteiger charge is 2.28. The number of benzene rings is 3. The van der Waals surface area contributed by atoms with E-state index < -0.39 is 22.5 Å². The molecule has 0 radical (unpaired) electrons. The van der Waals surface area contributed by atoms with E-state index in [2.05, 4.69) is 21.2 Å². The van der Waals surface area contributed by atoms with Gasteiger partial charge >= 0.3 is 0 Å². The van der Waals surface area contributed by atoms with Gasteiger partial charge in [0, 0.05) is 0 Å². The van der Waals surface area contributed by atoms with Crippen molar-refractivity contribution < 1.29 is 27.4 Å². The molecule has 4 rings (SSSR count). The summed E-state index contributed by atoms with van der Waals surface area (Å²) in [4.78, 5) is 13.1. The SMILES string of the molecule is COc1ccc(S(=O)(=O)N(CC(=O)N[C@@H](C)c2ccc3c(c2)OCCO3)c2ccc(C)cc2)cc1Br. The second-order valence-corrected chi connectivity index (χ2v) is 11.1. The van der Waals surface area contributed by atoms with Crippen molar-refractivity contribution in [3.05, 3.63) is 76.3 Å². The summed E-state index contributed by atoms with van der Waals surface area (Å²) in [6.45, 7) is 4.29. The monoisotopic (exact) mass is 574 g/mol. The van der Waals surface area contributed by atoms with E-state index in [0.29, 0.717) is 40.6 Å². The molecule has 0 spiro atoms. The fourth-order valence-electron chi connectivity index (χ4n) is 3.79. The molecule has 1 aliphatic rings. The van der Waals surface area contributed by atoms with E-state index in [1.54, 1.807) is 36.4 Å². The Labute approximate surface area is 219 Å². The number of carbonyl (C=O) groups excluding carboxylic acids is 1. The molecule has 0 fully saturated rings. The molecule has 1 aliphatic heterocycles. The van der Waals surface area contributed by atoms with Gasteiger partial charge in [0.1, 0.15) is 25.5 Å². The van der Waals surface area contributed by atoms with Gasteiger partial charge in [-0.3, -0.25) is 9.10 Å². The fourth-order valence-corrected chi connectivity index (χ4v) is 5.93. The predicted octanol–water partition coefficient (Wildman–Crippen LogP) is 4.61. The molecule has 0 saturated heterocycles. The number of halogens is 1. The number of nitrogens with zero attached hydrogens (tertiary/aromatic N) is 1. The number of anilines is 1. The number of methoxy groups -OCH3 is 1. The van der Waals surface area contributed by atoms with Crippen LogP contribution >= 0.6 is 15.9 Å². The first-order valence-corrected chi connectivity index (χ1v) is 13.5. The summed E-state index contributed by atoms with van der Waals surface area (Å²) in [6, 6.07) is 16.5. The van der Waals surface area contributed by atoms with Crippen LogP contribution in [0.1, 0.15) is 24.1 Å². The first kappa shape index (κ1) is 25.8. The van der Waals surface area contributed by atoms with E-state index in [4.69, 9.17) is 14.2 Å². The normalized spacial score (nSPS) is 13.6. The molecular formula is C26H27BrN2O6S. The Morgan fingerprint density at radius 2 is 1.75 bits per heavy atom. The summed E-state index contributed by atoms with van der Waals surface area (Å²) in [7, 11) is -2.57. The molecule has 0 aliphatic carbocycles. The lowest BCUT2D eigenvalue weighted by molar-refractivity contribution is -0.120. The van der Waals surface area contributed by atoms with Crippen LogP contribution in [0.5, 0.6) is 17.2 Å². The Morgan fingerprint density at radius 1 is 1.06 bits per heavy atom. The standard InChI is InChI=1S/C26H27BrN2O6S/c1-17-4-7-20(8-5-17)29(36(31,32)21-9-11-23(33-3)22(27)15-21)16-26(30)28-18(2)19-6-10-24-25(14-19)35-13-12-34-24/h4-11,14-15,18H,12-13,16H2,1-3H3,(H,28,30)/t18-/m0/s1. The number of aryl methyl sites for hydroxylation is 1. The van der Waals surface area contributed by atoms with Gasteiger partial charge in [0.25, 0.3) is 10.0 Å². The van der Waals surface area contributed by atoms with Crippen LogP contribution in [-0.2, 0) is 14.8 Å². The highest BCUT2D eigenvalue weighted by atomic mass is 79.9.